The highest BCUT2D eigenvalue weighted by Gasteiger charge is 2.35. The Labute approximate surface area is 175 Å². The predicted molar refractivity (Wildman–Crippen MR) is 117 cm³/mol. The van der Waals surface area contributed by atoms with Gasteiger partial charge in [-0.05, 0) is 31.6 Å². The highest BCUT2D eigenvalue weighted by atomic mass is 127. The minimum Gasteiger partial charge on any atom is -0.392 e. The van der Waals surface area contributed by atoms with Crippen molar-refractivity contribution in [3.05, 3.63) is 0 Å². The number of guanidine groups is 1. The lowest BCUT2D eigenvalue weighted by Crippen LogP contribution is -2.49. The summed E-state index contributed by atoms with van der Waals surface area (Å²) >= 11 is 0. The van der Waals surface area contributed by atoms with Gasteiger partial charge >= 0.3 is 0 Å². The summed E-state index contributed by atoms with van der Waals surface area (Å²) in [5.74, 6) is 1.21. The number of nitrogens with zero attached hydrogens (tertiary/aromatic N) is 2. The summed E-state index contributed by atoms with van der Waals surface area (Å²) < 4.78 is 24.7. The Bertz CT molecular complexity index is 564. The van der Waals surface area contributed by atoms with Gasteiger partial charge in [-0.1, -0.05) is 19.8 Å². The van der Waals surface area contributed by atoms with Crippen molar-refractivity contribution >= 4 is 40.0 Å². The number of aliphatic hydroxyl groups excluding tert-OH is 1. The minimum absolute atomic E-state index is 0. The number of sulfonamides is 1. The largest absolute Gasteiger partial charge is 0.392 e. The van der Waals surface area contributed by atoms with Gasteiger partial charge in [0.2, 0.25) is 10.0 Å². The van der Waals surface area contributed by atoms with Crippen molar-refractivity contribution in [1.29, 1.82) is 0 Å². The summed E-state index contributed by atoms with van der Waals surface area (Å²) in [6, 6.07) is 0. The van der Waals surface area contributed by atoms with Crippen molar-refractivity contribution < 1.29 is 13.5 Å². The lowest BCUT2D eigenvalue weighted by molar-refractivity contribution is 0.00396. The molecule has 1 saturated heterocycles. The van der Waals surface area contributed by atoms with E-state index >= 15 is 0 Å². The highest BCUT2D eigenvalue weighted by Crippen LogP contribution is 2.35. The van der Waals surface area contributed by atoms with Gasteiger partial charge in [-0.15, -0.1) is 24.0 Å². The molecule has 0 radical (unpaired) electrons. The van der Waals surface area contributed by atoms with Gasteiger partial charge in [0.15, 0.2) is 5.96 Å². The maximum absolute atomic E-state index is 11.6. The SMILES string of the molecule is CN=C(NCC1CCN(S(C)(=O)=O)CC1)NCC1(C)CCCCC1O.I. The zero-order chi connectivity index (χ0) is 18.5. The molecule has 2 unspecified atom stereocenters. The Morgan fingerprint density at radius 3 is 2.42 bits per heavy atom. The molecule has 9 heteroatoms. The molecule has 2 fully saturated rings. The molecular weight excluding hydrogens is 467 g/mol. The number of nitrogens with one attached hydrogen (secondary N) is 2. The minimum atomic E-state index is -3.07. The molecule has 3 N–H and O–H groups in total. The topological polar surface area (TPSA) is 94.0 Å². The van der Waals surface area contributed by atoms with Gasteiger partial charge < -0.3 is 15.7 Å². The predicted octanol–water partition coefficient (Wildman–Crippen LogP) is 1.38. The molecule has 1 aliphatic heterocycles. The Kier molecular flexibility index (Phi) is 9.59. The number of hydrogen-bond donors (Lipinski definition) is 3. The maximum Gasteiger partial charge on any atom is 0.211 e. The van der Waals surface area contributed by atoms with E-state index in [1.165, 1.54) is 12.7 Å². The molecule has 0 aromatic rings. The van der Waals surface area contributed by atoms with Gasteiger partial charge in [-0.25, -0.2) is 12.7 Å². The van der Waals surface area contributed by atoms with Gasteiger partial charge in [-0.2, -0.15) is 0 Å². The van der Waals surface area contributed by atoms with Gasteiger partial charge in [-0.3, -0.25) is 4.99 Å². The number of rotatable bonds is 5. The van der Waals surface area contributed by atoms with Crippen LogP contribution in [-0.2, 0) is 10.0 Å². The van der Waals surface area contributed by atoms with Crippen LogP contribution in [0, 0.1) is 11.3 Å². The first-order chi connectivity index (χ1) is 11.7. The van der Waals surface area contributed by atoms with E-state index in [9.17, 15) is 13.5 Å². The van der Waals surface area contributed by atoms with Crippen molar-refractivity contribution in [2.24, 2.45) is 16.3 Å². The Balaban J connectivity index is 0.00000338. The maximum atomic E-state index is 11.6. The van der Waals surface area contributed by atoms with Crippen LogP contribution in [0.5, 0.6) is 0 Å². The lowest BCUT2D eigenvalue weighted by Gasteiger charge is -2.39. The first-order valence-corrected chi connectivity index (χ1v) is 11.2. The number of piperidine rings is 1. The second-order valence-electron chi connectivity index (χ2n) is 7.83. The van der Waals surface area contributed by atoms with E-state index in [0.717, 1.165) is 44.6 Å². The van der Waals surface area contributed by atoms with Crippen molar-refractivity contribution in [2.75, 3.05) is 39.5 Å². The Morgan fingerprint density at radius 2 is 1.88 bits per heavy atom. The zero-order valence-electron chi connectivity index (χ0n) is 16.2. The van der Waals surface area contributed by atoms with Crippen LogP contribution < -0.4 is 10.6 Å². The van der Waals surface area contributed by atoms with Crippen LogP contribution in [0.2, 0.25) is 0 Å². The monoisotopic (exact) mass is 502 g/mol. The number of aliphatic hydroxyl groups is 1. The average molecular weight is 502 g/mol. The van der Waals surface area contributed by atoms with Crippen LogP contribution in [0.4, 0.5) is 0 Å². The molecule has 0 bridgehead atoms. The molecule has 2 atom stereocenters. The van der Waals surface area contributed by atoms with Crippen LogP contribution >= 0.6 is 24.0 Å². The molecule has 154 valence electrons. The van der Waals surface area contributed by atoms with Crippen molar-refractivity contribution in [3.8, 4) is 0 Å². The van der Waals surface area contributed by atoms with Crippen molar-refractivity contribution in [3.63, 3.8) is 0 Å². The van der Waals surface area contributed by atoms with E-state index in [-0.39, 0.29) is 35.5 Å². The third-order valence-electron chi connectivity index (χ3n) is 5.76. The third-order valence-corrected chi connectivity index (χ3v) is 7.07. The normalized spacial score (nSPS) is 29.1. The molecule has 2 rings (SSSR count). The third kappa shape index (κ3) is 6.79. The second kappa shape index (κ2) is 10.4. The van der Waals surface area contributed by atoms with Crippen molar-refractivity contribution in [1.82, 2.24) is 14.9 Å². The molecule has 0 amide bonds. The number of hydrogen-bond acceptors (Lipinski definition) is 4. The summed E-state index contributed by atoms with van der Waals surface area (Å²) in [5.41, 5.74) is -0.101. The molecule has 0 aromatic heterocycles. The zero-order valence-corrected chi connectivity index (χ0v) is 19.3. The number of aliphatic imine (C=N–C) groups is 1. The quantitative estimate of drug-likeness (QED) is 0.300. The summed E-state index contributed by atoms with van der Waals surface area (Å²) in [6.45, 7) is 4.83. The molecule has 1 heterocycles. The summed E-state index contributed by atoms with van der Waals surface area (Å²) in [4.78, 5) is 4.27. The van der Waals surface area contributed by atoms with E-state index in [0.29, 0.717) is 25.6 Å². The molecule has 1 saturated carbocycles. The van der Waals surface area contributed by atoms with Gasteiger partial charge in [0.25, 0.3) is 0 Å². The average Bonchev–Trinajstić information content (AvgIpc) is 2.57. The fourth-order valence-corrected chi connectivity index (χ4v) is 4.65. The standard InChI is InChI=1S/C17H34N4O3S.HI/c1-17(9-5-4-6-15(17)22)13-20-16(18-2)19-12-14-7-10-21(11-8-14)25(3,23)24;/h14-15,22H,4-13H2,1-3H3,(H2,18,19,20);1H. The second-order valence-corrected chi connectivity index (χ2v) is 9.81. The van der Waals surface area contributed by atoms with Crippen LogP contribution in [0.3, 0.4) is 0 Å². The molecule has 26 heavy (non-hydrogen) atoms. The van der Waals surface area contributed by atoms with E-state index in [1.807, 2.05) is 0 Å². The van der Waals surface area contributed by atoms with E-state index in [2.05, 4.69) is 22.5 Å². The molecule has 0 aromatic carbocycles. The summed E-state index contributed by atoms with van der Waals surface area (Å²) in [5, 5.41) is 17.0. The molecule has 2 aliphatic rings. The Morgan fingerprint density at radius 1 is 1.23 bits per heavy atom. The molecule has 0 spiro atoms. The van der Waals surface area contributed by atoms with Crippen molar-refractivity contribution in [2.45, 2.75) is 51.6 Å². The summed E-state index contributed by atoms with van der Waals surface area (Å²) in [6.07, 6.45) is 6.94. The first-order valence-electron chi connectivity index (χ1n) is 9.32. The van der Waals surface area contributed by atoms with Crippen LogP contribution in [0.15, 0.2) is 4.99 Å². The highest BCUT2D eigenvalue weighted by molar-refractivity contribution is 14.0. The van der Waals surface area contributed by atoms with Crippen LogP contribution in [0.25, 0.3) is 0 Å². The van der Waals surface area contributed by atoms with Gasteiger partial charge in [0, 0.05) is 38.6 Å². The van der Waals surface area contributed by atoms with Crippen LogP contribution in [-0.4, -0.2) is 69.4 Å². The van der Waals surface area contributed by atoms with E-state index in [1.54, 1.807) is 11.4 Å². The fraction of sp³-hybridized carbons (Fsp3) is 0.941. The lowest BCUT2D eigenvalue weighted by atomic mass is 9.73. The fourth-order valence-electron chi connectivity index (χ4n) is 3.78. The van der Waals surface area contributed by atoms with Gasteiger partial charge in [0.05, 0.1) is 12.4 Å². The molecule has 7 nitrogen and oxygen atoms in total. The summed E-state index contributed by atoms with van der Waals surface area (Å²) in [7, 11) is -1.31. The first kappa shape index (κ1) is 23.9. The van der Waals surface area contributed by atoms with E-state index < -0.39 is 10.0 Å². The van der Waals surface area contributed by atoms with E-state index in [4.69, 9.17) is 0 Å². The molecular formula is C17H35IN4O3S. The molecule has 1 aliphatic carbocycles. The van der Waals surface area contributed by atoms with Gasteiger partial charge in [0.1, 0.15) is 0 Å². The smallest absolute Gasteiger partial charge is 0.211 e. The number of halogens is 1. The Hall–Kier alpha value is -0.130. The van der Waals surface area contributed by atoms with Crippen LogP contribution in [0.1, 0.15) is 45.4 Å².